The topological polar surface area (TPSA) is 45.2 Å². The predicted molar refractivity (Wildman–Crippen MR) is 111 cm³/mol. The van der Waals surface area contributed by atoms with E-state index in [1.54, 1.807) is 12.4 Å². The predicted octanol–water partition coefficient (Wildman–Crippen LogP) is 4.98. The number of hydrogen-bond acceptors (Lipinski definition) is 3. The average molecular weight is 359 g/mol. The molecule has 1 heterocycles. The summed E-state index contributed by atoms with van der Waals surface area (Å²) >= 11 is 0. The van der Waals surface area contributed by atoms with Crippen LogP contribution in [0, 0.1) is 13.8 Å². The minimum atomic E-state index is -0.145. The number of carbonyl (C=O) groups is 1. The van der Waals surface area contributed by atoms with Crippen molar-refractivity contribution in [3.8, 4) is 0 Å². The van der Waals surface area contributed by atoms with E-state index in [2.05, 4.69) is 34.3 Å². The molecule has 0 saturated carbocycles. The minimum absolute atomic E-state index is 0.145. The number of rotatable bonds is 6. The van der Waals surface area contributed by atoms with Crippen LogP contribution in [0.1, 0.15) is 34.0 Å². The van der Waals surface area contributed by atoms with Gasteiger partial charge in [0.2, 0.25) is 0 Å². The van der Waals surface area contributed by atoms with Gasteiger partial charge in [0, 0.05) is 25.0 Å². The number of pyridine rings is 1. The molecule has 0 spiro atoms. The normalized spacial score (nSPS) is 10.5. The van der Waals surface area contributed by atoms with Crippen LogP contribution in [-0.4, -0.2) is 17.4 Å². The van der Waals surface area contributed by atoms with E-state index in [1.807, 2.05) is 56.3 Å². The Labute approximate surface area is 160 Å². The van der Waals surface area contributed by atoms with E-state index < -0.39 is 0 Å². The standard InChI is InChI=1S/C23H25N3O/c1-4-26(16-19-10-6-5-7-11-19)21-13-20(14-24-15-21)23(27)25-22-12-8-9-17(2)18(22)3/h5-15H,4,16H2,1-3H3,(H,25,27). The zero-order chi connectivity index (χ0) is 19.2. The van der Waals surface area contributed by atoms with E-state index >= 15 is 0 Å². The van der Waals surface area contributed by atoms with Gasteiger partial charge in [0.05, 0.1) is 17.4 Å². The number of aromatic nitrogens is 1. The van der Waals surface area contributed by atoms with Crippen molar-refractivity contribution in [2.45, 2.75) is 27.3 Å². The Morgan fingerprint density at radius 1 is 1.04 bits per heavy atom. The zero-order valence-electron chi connectivity index (χ0n) is 16.1. The molecule has 0 radical (unpaired) electrons. The number of aryl methyl sites for hydroxylation is 1. The third-order valence-electron chi connectivity index (χ3n) is 4.80. The number of nitrogens with zero attached hydrogens (tertiary/aromatic N) is 2. The number of anilines is 2. The van der Waals surface area contributed by atoms with Gasteiger partial charge >= 0.3 is 0 Å². The molecule has 138 valence electrons. The van der Waals surface area contributed by atoms with Crippen molar-refractivity contribution in [1.29, 1.82) is 0 Å². The van der Waals surface area contributed by atoms with E-state index in [0.29, 0.717) is 5.56 Å². The van der Waals surface area contributed by atoms with Gasteiger partial charge in [0.1, 0.15) is 0 Å². The summed E-state index contributed by atoms with van der Waals surface area (Å²) in [5, 5.41) is 3.00. The molecule has 1 N–H and O–H groups in total. The second-order valence-corrected chi connectivity index (χ2v) is 6.63. The van der Waals surface area contributed by atoms with Crippen LogP contribution in [0.5, 0.6) is 0 Å². The zero-order valence-corrected chi connectivity index (χ0v) is 16.1. The van der Waals surface area contributed by atoms with Crippen LogP contribution < -0.4 is 10.2 Å². The van der Waals surface area contributed by atoms with Crippen LogP contribution in [0.15, 0.2) is 67.0 Å². The minimum Gasteiger partial charge on any atom is -0.366 e. The van der Waals surface area contributed by atoms with Crippen LogP contribution in [0.3, 0.4) is 0 Å². The van der Waals surface area contributed by atoms with Gasteiger partial charge in [-0.15, -0.1) is 0 Å². The van der Waals surface area contributed by atoms with Crippen molar-refractivity contribution >= 4 is 17.3 Å². The third kappa shape index (κ3) is 4.53. The van der Waals surface area contributed by atoms with Gasteiger partial charge in [-0.05, 0) is 49.6 Å². The van der Waals surface area contributed by atoms with Gasteiger partial charge in [-0.1, -0.05) is 42.5 Å². The summed E-state index contributed by atoms with van der Waals surface area (Å²) < 4.78 is 0. The number of amides is 1. The SMILES string of the molecule is CCN(Cc1ccccc1)c1cncc(C(=O)Nc2cccc(C)c2C)c1. The average Bonchev–Trinajstić information content (AvgIpc) is 2.70. The third-order valence-corrected chi connectivity index (χ3v) is 4.80. The first kappa shape index (κ1) is 18.6. The van der Waals surface area contributed by atoms with Gasteiger partial charge in [0.25, 0.3) is 5.91 Å². The van der Waals surface area contributed by atoms with Gasteiger partial charge in [0.15, 0.2) is 0 Å². The van der Waals surface area contributed by atoms with E-state index in [0.717, 1.165) is 35.6 Å². The van der Waals surface area contributed by atoms with E-state index in [1.165, 1.54) is 5.56 Å². The molecular weight excluding hydrogens is 334 g/mol. The first-order chi connectivity index (χ1) is 13.1. The smallest absolute Gasteiger partial charge is 0.257 e. The monoisotopic (exact) mass is 359 g/mol. The quantitative estimate of drug-likeness (QED) is 0.675. The molecule has 0 saturated heterocycles. The molecule has 4 heteroatoms. The lowest BCUT2D eigenvalue weighted by atomic mass is 10.1. The number of nitrogens with one attached hydrogen (secondary N) is 1. The van der Waals surface area contributed by atoms with Crippen LogP contribution in [0.25, 0.3) is 0 Å². The molecule has 0 bridgehead atoms. The maximum absolute atomic E-state index is 12.7. The fourth-order valence-corrected chi connectivity index (χ4v) is 3.00. The van der Waals surface area contributed by atoms with Crippen LogP contribution in [0.4, 0.5) is 11.4 Å². The maximum Gasteiger partial charge on any atom is 0.257 e. The molecule has 0 aliphatic heterocycles. The number of benzene rings is 2. The summed E-state index contributed by atoms with van der Waals surface area (Å²) in [6.07, 6.45) is 3.42. The second-order valence-electron chi connectivity index (χ2n) is 6.63. The van der Waals surface area contributed by atoms with Crippen LogP contribution in [-0.2, 0) is 6.54 Å². The van der Waals surface area contributed by atoms with Crippen LogP contribution >= 0.6 is 0 Å². The molecule has 3 rings (SSSR count). The van der Waals surface area contributed by atoms with Gasteiger partial charge in [-0.2, -0.15) is 0 Å². The van der Waals surface area contributed by atoms with Gasteiger partial charge < -0.3 is 10.2 Å². The van der Waals surface area contributed by atoms with Gasteiger partial charge in [-0.3, -0.25) is 9.78 Å². The van der Waals surface area contributed by atoms with E-state index in [4.69, 9.17) is 0 Å². The Morgan fingerprint density at radius 3 is 2.56 bits per heavy atom. The summed E-state index contributed by atoms with van der Waals surface area (Å²) in [6, 6.07) is 18.1. The molecule has 3 aromatic rings. The van der Waals surface area contributed by atoms with E-state index in [-0.39, 0.29) is 5.91 Å². The molecule has 0 aliphatic carbocycles. The number of hydrogen-bond donors (Lipinski definition) is 1. The molecular formula is C23H25N3O. The van der Waals surface area contributed by atoms with Crippen molar-refractivity contribution in [3.05, 3.63) is 89.2 Å². The lowest BCUT2D eigenvalue weighted by Crippen LogP contribution is -2.23. The first-order valence-corrected chi connectivity index (χ1v) is 9.20. The molecule has 0 fully saturated rings. The molecule has 0 aliphatic rings. The van der Waals surface area contributed by atoms with Crippen molar-refractivity contribution in [3.63, 3.8) is 0 Å². The lowest BCUT2D eigenvalue weighted by Gasteiger charge is -2.23. The van der Waals surface area contributed by atoms with Crippen molar-refractivity contribution < 1.29 is 4.79 Å². The van der Waals surface area contributed by atoms with Crippen molar-refractivity contribution in [1.82, 2.24) is 4.98 Å². The number of carbonyl (C=O) groups excluding carboxylic acids is 1. The molecule has 4 nitrogen and oxygen atoms in total. The first-order valence-electron chi connectivity index (χ1n) is 9.20. The fraction of sp³-hybridized carbons (Fsp3) is 0.217. The summed E-state index contributed by atoms with van der Waals surface area (Å²) in [7, 11) is 0. The highest BCUT2D eigenvalue weighted by atomic mass is 16.1. The molecule has 0 atom stereocenters. The Morgan fingerprint density at radius 2 is 1.81 bits per heavy atom. The summed E-state index contributed by atoms with van der Waals surface area (Å²) in [6.45, 7) is 7.76. The van der Waals surface area contributed by atoms with E-state index in [9.17, 15) is 4.79 Å². The Kier molecular flexibility index (Phi) is 5.87. The van der Waals surface area contributed by atoms with Crippen LogP contribution in [0.2, 0.25) is 0 Å². The fourth-order valence-electron chi connectivity index (χ4n) is 3.00. The Bertz CT molecular complexity index is 922. The molecule has 1 aromatic heterocycles. The maximum atomic E-state index is 12.7. The highest BCUT2D eigenvalue weighted by Gasteiger charge is 2.12. The van der Waals surface area contributed by atoms with Crippen molar-refractivity contribution in [2.24, 2.45) is 0 Å². The summed E-state index contributed by atoms with van der Waals surface area (Å²) in [5.74, 6) is -0.145. The summed E-state index contributed by atoms with van der Waals surface area (Å²) in [4.78, 5) is 19.2. The Hall–Kier alpha value is -3.14. The van der Waals surface area contributed by atoms with Crippen molar-refractivity contribution in [2.75, 3.05) is 16.8 Å². The highest BCUT2D eigenvalue weighted by molar-refractivity contribution is 6.05. The largest absolute Gasteiger partial charge is 0.366 e. The molecule has 2 aromatic carbocycles. The molecule has 1 amide bonds. The van der Waals surface area contributed by atoms with Gasteiger partial charge in [-0.25, -0.2) is 0 Å². The Balaban J connectivity index is 1.79. The summed E-state index contributed by atoms with van der Waals surface area (Å²) in [5.41, 5.74) is 5.79. The highest BCUT2D eigenvalue weighted by Crippen LogP contribution is 2.21. The second kappa shape index (κ2) is 8.49. The lowest BCUT2D eigenvalue weighted by molar-refractivity contribution is 0.102. The molecule has 27 heavy (non-hydrogen) atoms. The molecule has 0 unspecified atom stereocenters.